The van der Waals surface area contributed by atoms with Crippen LogP contribution in [0.5, 0.6) is 0 Å². The predicted octanol–water partition coefficient (Wildman–Crippen LogP) is 0.787. The minimum absolute atomic E-state index is 0.0518. The Morgan fingerprint density at radius 2 is 1.93 bits per heavy atom. The first kappa shape index (κ1) is 19.8. The molecule has 0 saturated carbocycles. The number of fused-ring (bicyclic) bond motifs is 1. The van der Waals surface area contributed by atoms with Crippen molar-refractivity contribution in [1.82, 2.24) is 5.32 Å². The lowest BCUT2D eigenvalue weighted by Crippen LogP contribution is -2.41. The molecule has 1 amide bonds. The summed E-state index contributed by atoms with van der Waals surface area (Å²) in [6.07, 6.45) is -2.67. The molecule has 7 heteroatoms. The monoisotopic (exact) mass is 381 g/mol. The van der Waals surface area contributed by atoms with Crippen LogP contribution in [0.3, 0.4) is 0 Å². The summed E-state index contributed by atoms with van der Waals surface area (Å²) < 4.78 is 0. The molecule has 2 atom stereocenters. The number of allylic oxidation sites excluding steroid dienone is 1. The molecule has 2 unspecified atom stereocenters. The number of aliphatic hydroxyl groups is 3. The first-order chi connectivity index (χ1) is 13.5. The van der Waals surface area contributed by atoms with E-state index in [2.05, 4.69) is 10.2 Å². The molecule has 2 aromatic carbocycles. The second kappa shape index (κ2) is 8.40. The first-order valence-electron chi connectivity index (χ1n) is 9.11. The zero-order valence-electron chi connectivity index (χ0n) is 15.6. The lowest BCUT2D eigenvalue weighted by Gasteiger charge is -2.18. The summed E-state index contributed by atoms with van der Waals surface area (Å²) in [6.45, 7) is 2.69. The first-order valence-corrected chi connectivity index (χ1v) is 9.11. The third-order valence-electron chi connectivity index (χ3n) is 4.88. The van der Waals surface area contributed by atoms with Crippen LogP contribution >= 0.6 is 0 Å². The topological polar surface area (TPSA) is 117 Å². The van der Waals surface area contributed by atoms with E-state index >= 15 is 0 Å². The fourth-order valence-corrected chi connectivity index (χ4v) is 3.15. The molecular formula is C21H23N3O4. The van der Waals surface area contributed by atoms with Crippen LogP contribution in [-0.4, -0.2) is 59.7 Å². The van der Waals surface area contributed by atoms with Crippen molar-refractivity contribution >= 4 is 27.9 Å². The minimum atomic E-state index is -1.36. The van der Waals surface area contributed by atoms with E-state index in [4.69, 9.17) is 5.11 Å². The van der Waals surface area contributed by atoms with E-state index in [-0.39, 0.29) is 12.1 Å². The van der Waals surface area contributed by atoms with Gasteiger partial charge in [-0.3, -0.25) is 4.79 Å². The molecule has 2 aromatic rings. The van der Waals surface area contributed by atoms with E-state index in [1.165, 1.54) is 0 Å². The fourth-order valence-electron chi connectivity index (χ4n) is 3.15. The molecule has 0 spiro atoms. The van der Waals surface area contributed by atoms with Gasteiger partial charge in [0, 0.05) is 30.6 Å². The highest BCUT2D eigenvalue weighted by atomic mass is 16.4. The molecule has 1 fully saturated rings. The summed E-state index contributed by atoms with van der Waals surface area (Å²) in [4.78, 5) is 14.7. The van der Waals surface area contributed by atoms with Gasteiger partial charge in [-0.25, -0.2) is 0 Å². The Labute approximate surface area is 163 Å². The number of hydrogen-bond acceptors (Lipinski definition) is 6. The maximum atomic E-state index is 12.5. The van der Waals surface area contributed by atoms with Crippen LogP contribution in [0.1, 0.15) is 12.5 Å². The highest BCUT2D eigenvalue weighted by Gasteiger charge is 2.26. The molecule has 0 aromatic heterocycles. The van der Waals surface area contributed by atoms with Gasteiger partial charge in [0.15, 0.2) is 0 Å². The van der Waals surface area contributed by atoms with E-state index in [0.717, 1.165) is 35.1 Å². The van der Waals surface area contributed by atoms with Gasteiger partial charge in [-0.2, -0.15) is 5.26 Å². The van der Waals surface area contributed by atoms with Crippen LogP contribution in [0.15, 0.2) is 42.0 Å². The number of anilines is 1. The van der Waals surface area contributed by atoms with Crippen LogP contribution in [0, 0.1) is 11.3 Å². The molecule has 146 valence electrons. The highest BCUT2D eigenvalue weighted by Crippen LogP contribution is 2.38. The number of aliphatic hydroxyl groups excluding tert-OH is 3. The third kappa shape index (κ3) is 3.99. The molecule has 0 bridgehead atoms. The van der Waals surface area contributed by atoms with Gasteiger partial charge in [0.2, 0.25) is 0 Å². The molecule has 1 aliphatic rings. The number of nitrogens with zero attached hydrogens (tertiary/aromatic N) is 2. The van der Waals surface area contributed by atoms with Crippen molar-refractivity contribution < 1.29 is 20.1 Å². The molecule has 1 saturated heterocycles. The van der Waals surface area contributed by atoms with Gasteiger partial charge in [-0.1, -0.05) is 36.4 Å². The van der Waals surface area contributed by atoms with Crippen molar-refractivity contribution in [3.05, 3.63) is 47.5 Å². The molecule has 1 aliphatic heterocycles. The highest BCUT2D eigenvalue weighted by molar-refractivity contribution is 6.08. The Morgan fingerprint density at radius 1 is 1.21 bits per heavy atom. The summed E-state index contributed by atoms with van der Waals surface area (Å²) in [5, 5.41) is 42.1. The number of carbonyl (C=O) groups excluding carboxylic acids is 1. The van der Waals surface area contributed by atoms with Gasteiger partial charge in [-0.05, 0) is 17.9 Å². The van der Waals surface area contributed by atoms with E-state index in [9.17, 15) is 20.3 Å². The van der Waals surface area contributed by atoms with E-state index in [1.807, 2.05) is 42.5 Å². The van der Waals surface area contributed by atoms with Gasteiger partial charge >= 0.3 is 0 Å². The predicted molar refractivity (Wildman–Crippen MR) is 106 cm³/mol. The van der Waals surface area contributed by atoms with E-state index in [1.54, 1.807) is 6.92 Å². The van der Waals surface area contributed by atoms with Crippen molar-refractivity contribution in [2.24, 2.45) is 0 Å². The molecule has 7 nitrogen and oxygen atoms in total. The Bertz CT molecular complexity index is 960. The molecule has 0 aliphatic carbocycles. The SMILES string of the molecule is C/C(=C(/C#N)C(=O)NCC(O)C(O)CO)c1ccc2ccccc2c1N1CC1. The number of nitrogens with one attached hydrogen (secondary N) is 1. The lowest BCUT2D eigenvalue weighted by atomic mass is 9.95. The van der Waals surface area contributed by atoms with E-state index in [0.29, 0.717) is 5.57 Å². The zero-order valence-corrected chi connectivity index (χ0v) is 15.6. The number of hydrogen-bond donors (Lipinski definition) is 4. The quantitative estimate of drug-likeness (QED) is 0.320. The molecule has 3 rings (SSSR count). The van der Waals surface area contributed by atoms with Crippen LogP contribution in [-0.2, 0) is 4.79 Å². The van der Waals surface area contributed by atoms with Crippen molar-refractivity contribution in [3.8, 4) is 6.07 Å². The number of nitriles is 1. The van der Waals surface area contributed by atoms with Crippen LogP contribution < -0.4 is 10.2 Å². The third-order valence-corrected chi connectivity index (χ3v) is 4.88. The number of amides is 1. The summed E-state index contributed by atoms with van der Waals surface area (Å²) in [5.41, 5.74) is 2.32. The second-order valence-corrected chi connectivity index (χ2v) is 6.81. The maximum Gasteiger partial charge on any atom is 0.262 e. The van der Waals surface area contributed by atoms with Gasteiger partial charge in [0.1, 0.15) is 17.7 Å². The van der Waals surface area contributed by atoms with E-state index < -0.39 is 24.7 Å². The second-order valence-electron chi connectivity index (χ2n) is 6.81. The summed E-state index contributed by atoms with van der Waals surface area (Å²) in [6, 6.07) is 13.8. The number of benzene rings is 2. The Hall–Kier alpha value is -2.92. The van der Waals surface area contributed by atoms with Crippen molar-refractivity contribution in [3.63, 3.8) is 0 Å². The van der Waals surface area contributed by atoms with Gasteiger partial charge in [0.05, 0.1) is 18.4 Å². The average Bonchev–Trinajstić information content (AvgIpc) is 3.55. The summed E-state index contributed by atoms with van der Waals surface area (Å²) >= 11 is 0. The van der Waals surface area contributed by atoms with Crippen molar-refractivity contribution in [2.45, 2.75) is 19.1 Å². The summed E-state index contributed by atoms with van der Waals surface area (Å²) in [7, 11) is 0. The Morgan fingerprint density at radius 3 is 2.57 bits per heavy atom. The molecule has 28 heavy (non-hydrogen) atoms. The van der Waals surface area contributed by atoms with Crippen molar-refractivity contribution in [1.29, 1.82) is 5.26 Å². The van der Waals surface area contributed by atoms with Gasteiger partial charge in [-0.15, -0.1) is 0 Å². The Kier molecular flexibility index (Phi) is 5.95. The standard InChI is InChI=1S/C21H23N3O4/c1-13(17(10-22)21(28)23-11-18(26)19(27)12-25)15-7-6-14-4-2-3-5-16(14)20(15)24-8-9-24/h2-7,18-19,25-27H,8-9,11-12H2,1H3,(H,23,28)/b17-13+. The average molecular weight is 381 g/mol. The number of rotatable bonds is 7. The normalized spacial score (nSPS) is 16.2. The zero-order chi connectivity index (χ0) is 20.3. The largest absolute Gasteiger partial charge is 0.394 e. The maximum absolute atomic E-state index is 12.5. The smallest absolute Gasteiger partial charge is 0.262 e. The van der Waals surface area contributed by atoms with Crippen LogP contribution in [0.2, 0.25) is 0 Å². The molecule has 0 radical (unpaired) electrons. The van der Waals surface area contributed by atoms with Crippen LogP contribution in [0.4, 0.5) is 5.69 Å². The molecular weight excluding hydrogens is 358 g/mol. The number of carbonyl (C=O) groups is 1. The van der Waals surface area contributed by atoms with Crippen molar-refractivity contribution in [2.75, 3.05) is 31.1 Å². The minimum Gasteiger partial charge on any atom is -0.394 e. The molecule has 4 N–H and O–H groups in total. The lowest BCUT2D eigenvalue weighted by molar-refractivity contribution is -0.118. The summed E-state index contributed by atoms with van der Waals surface area (Å²) in [5.74, 6) is -0.630. The molecule has 1 heterocycles. The fraction of sp³-hybridized carbons (Fsp3) is 0.333. The van der Waals surface area contributed by atoms with Gasteiger partial charge in [0.25, 0.3) is 5.91 Å². The van der Waals surface area contributed by atoms with Gasteiger partial charge < -0.3 is 25.5 Å². The Balaban J connectivity index is 1.95. The van der Waals surface area contributed by atoms with Crippen LogP contribution in [0.25, 0.3) is 16.3 Å².